The third-order valence-electron chi connectivity index (χ3n) is 3.18. The topological polar surface area (TPSA) is 37.3 Å². The minimum Gasteiger partial charge on any atom is -0.481 e. The van der Waals surface area contributed by atoms with E-state index in [-0.39, 0.29) is 16.9 Å². The molecule has 2 rings (SSSR count). The third-order valence-corrected chi connectivity index (χ3v) is 3.94. The number of carbonyl (C=O) groups is 1. The van der Waals surface area contributed by atoms with Gasteiger partial charge in [-0.1, -0.05) is 6.07 Å². The van der Waals surface area contributed by atoms with Crippen LogP contribution in [0.4, 0.5) is 8.78 Å². The number of halogens is 2. The maximum atomic E-state index is 13.9. The van der Waals surface area contributed by atoms with Gasteiger partial charge in [-0.15, -0.1) is 11.8 Å². The summed E-state index contributed by atoms with van der Waals surface area (Å²) in [6.07, 6.45) is 2.74. The van der Waals surface area contributed by atoms with Crippen molar-refractivity contribution in [2.75, 3.05) is 6.26 Å². The van der Waals surface area contributed by atoms with Gasteiger partial charge in [0.25, 0.3) is 0 Å². The molecule has 1 aromatic carbocycles. The van der Waals surface area contributed by atoms with E-state index in [1.165, 1.54) is 12.1 Å². The Bertz CT molecular complexity index is 470. The second kappa shape index (κ2) is 4.29. The number of aliphatic carboxylic acids is 1. The molecular formula is C12H12F2O2S. The van der Waals surface area contributed by atoms with E-state index in [1.807, 2.05) is 0 Å². The van der Waals surface area contributed by atoms with Gasteiger partial charge in [0.1, 0.15) is 0 Å². The zero-order valence-corrected chi connectivity index (χ0v) is 10.1. The minimum atomic E-state index is -0.976. The van der Waals surface area contributed by atoms with Crippen LogP contribution in [0.3, 0.4) is 0 Å². The number of benzene rings is 1. The maximum absolute atomic E-state index is 13.9. The lowest BCUT2D eigenvalue weighted by molar-refractivity contribution is -0.137. The molecule has 0 spiro atoms. The van der Waals surface area contributed by atoms with Crippen LogP contribution in [0.5, 0.6) is 0 Å². The fourth-order valence-electron chi connectivity index (χ4n) is 2.08. The standard InChI is InChI=1S/C12H12F2O2S/c1-17-8-3-2-7(10(13)11(8)14)12(4-5-12)6-9(15)16/h2-3H,4-6H2,1H3,(H,15,16). The third kappa shape index (κ3) is 2.16. The molecule has 0 atom stereocenters. The first-order valence-corrected chi connectivity index (χ1v) is 6.47. The Balaban J connectivity index is 2.40. The van der Waals surface area contributed by atoms with E-state index < -0.39 is 23.0 Å². The summed E-state index contributed by atoms with van der Waals surface area (Å²) in [5.41, 5.74) is -0.483. The first-order valence-electron chi connectivity index (χ1n) is 5.24. The molecule has 0 unspecified atom stereocenters. The monoisotopic (exact) mass is 258 g/mol. The lowest BCUT2D eigenvalue weighted by atomic mass is 9.92. The Morgan fingerprint density at radius 3 is 2.53 bits per heavy atom. The largest absolute Gasteiger partial charge is 0.481 e. The van der Waals surface area contributed by atoms with Crippen molar-refractivity contribution >= 4 is 17.7 Å². The highest BCUT2D eigenvalue weighted by Gasteiger charge is 2.48. The molecule has 1 saturated carbocycles. The van der Waals surface area contributed by atoms with Gasteiger partial charge in [-0.05, 0) is 30.7 Å². The van der Waals surface area contributed by atoms with E-state index in [9.17, 15) is 13.6 Å². The fourth-order valence-corrected chi connectivity index (χ4v) is 2.55. The molecule has 17 heavy (non-hydrogen) atoms. The van der Waals surface area contributed by atoms with Gasteiger partial charge in [-0.3, -0.25) is 4.79 Å². The molecule has 0 aromatic heterocycles. The minimum absolute atomic E-state index is 0.137. The first kappa shape index (κ1) is 12.4. The molecule has 0 radical (unpaired) electrons. The zero-order chi connectivity index (χ0) is 12.6. The maximum Gasteiger partial charge on any atom is 0.304 e. The van der Waals surface area contributed by atoms with Crippen molar-refractivity contribution in [2.45, 2.75) is 29.6 Å². The second-order valence-electron chi connectivity index (χ2n) is 4.29. The highest BCUT2D eigenvalue weighted by Crippen LogP contribution is 2.52. The van der Waals surface area contributed by atoms with Crippen LogP contribution in [0.15, 0.2) is 17.0 Å². The summed E-state index contributed by atoms with van der Waals surface area (Å²) in [4.78, 5) is 11.0. The lowest BCUT2D eigenvalue weighted by Crippen LogP contribution is -2.15. The highest BCUT2D eigenvalue weighted by atomic mass is 32.2. The van der Waals surface area contributed by atoms with Crippen LogP contribution < -0.4 is 0 Å². The number of carboxylic acids is 1. The molecule has 1 N–H and O–H groups in total. The number of hydrogen-bond acceptors (Lipinski definition) is 2. The van der Waals surface area contributed by atoms with Crippen LogP contribution in [-0.2, 0) is 10.2 Å². The lowest BCUT2D eigenvalue weighted by Gasteiger charge is -2.15. The Kier molecular flexibility index (Phi) is 3.12. The van der Waals surface area contributed by atoms with Gasteiger partial charge >= 0.3 is 5.97 Å². The van der Waals surface area contributed by atoms with E-state index >= 15 is 0 Å². The van der Waals surface area contributed by atoms with Crippen LogP contribution in [0.2, 0.25) is 0 Å². The number of hydrogen-bond donors (Lipinski definition) is 1. The molecule has 0 aliphatic heterocycles. The van der Waals surface area contributed by atoms with Crippen LogP contribution in [0.1, 0.15) is 24.8 Å². The average molecular weight is 258 g/mol. The Morgan fingerprint density at radius 1 is 1.41 bits per heavy atom. The SMILES string of the molecule is CSc1ccc(C2(CC(=O)O)CC2)c(F)c1F. The Morgan fingerprint density at radius 2 is 2.06 bits per heavy atom. The Labute approximate surface area is 102 Å². The Hall–Kier alpha value is -1.10. The smallest absolute Gasteiger partial charge is 0.304 e. The number of rotatable bonds is 4. The van der Waals surface area contributed by atoms with Gasteiger partial charge in [0.05, 0.1) is 6.42 Å². The molecule has 0 heterocycles. The molecular weight excluding hydrogens is 246 g/mol. The summed E-state index contributed by atoms with van der Waals surface area (Å²) in [6.45, 7) is 0. The van der Waals surface area contributed by atoms with Crippen LogP contribution in [0.25, 0.3) is 0 Å². The van der Waals surface area contributed by atoms with Crippen LogP contribution in [0, 0.1) is 11.6 Å². The van der Waals surface area contributed by atoms with Gasteiger partial charge < -0.3 is 5.11 Å². The molecule has 1 fully saturated rings. The van der Waals surface area contributed by atoms with Crippen molar-refractivity contribution < 1.29 is 18.7 Å². The average Bonchev–Trinajstić information content (AvgIpc) is 3.01. The van der Waals surface area contributed by atoms with Crippen molar-refractivity contribution in [3.63, 3.8) is 0 Å². The van der Waals surface area contributed by atoms with E-state index in [4.69, 9.17) is 5.11 Å². The quantitative estimate of drug-likeness (QED) is 0.843. The first-order chi connectivity index (χ1) is 8.00. The predicted octanol–water partition coefficient (Wildman–Crippen LogP) is 3.19. The van der Waals surface area contributed by atoms with E-state index in [1.54, 1.807) is 6.26 Å². The van der Waals surface area contributed by atoms with Crippen LogP contribution >= 0.6 is 11.8 Å². The number of carboxylic acid groups (broad SMARTS) is 1. The van der Waals surface area contributed by atoms with Crippen molar-refractivity contribution in [2.24, 2.45) is 0 Å². The van der Waals surface area contributed by atoms with Crippen molar-refractivity contribution in [3.05, 3.63) is 29.3 Å². The molecule has 1 aliphatic rings. The van der Waals surface area contributed by atoms with Gasteiger partial charge in [0.2, 0.25) is 0 Å². The zero-order valence-electron chi connectivity index (χ0n) is 9.30. The summed E-state index contributed by atoms with van der Waals surface area (Å²) in [5, 5.41) is 8.79. The van der Waals surface area contributed by atoms with Crippen molar-refractivity contribution in [3.8, 4) is 0 Å². The van der Waals surface area contributed by atoms with Crippen molar-refractivity contribution in [1.29, 1.82) is 0 Å². The van der Waals surface area contributed by atoms with Gasteiger partial charge in [-0.2, -0.15) is 0 Å². The normalized spacial score (nSPS) is 16.9. The van der Waals surface area contributed by atoms with Crippen molar-refractivity contribution in [1.82, 2.24) is 0 Å². The molecule has 92 valence electrons. The fraction of sp³-hybridized carbons (Fsp3) is 0.417. The summed E-state index contributed by atoms with van der Waals surface area (Å²) in [5.74, 6) is -2.74. The van der Waals surface area contributed by atoms with E-state index in [0.717, 1.165) is 11.8 Å². The predicted molar refractivity (Wildman–Crippen MR) is 61.3 cm³/mol. The summed E-state index contributed by atoms with van der Waals surface area (Å²) in [7, 11) is 0. The van der Waals surface area contributed by atoms with E-state index in [0.29, 0.717) is 12.8 Å². The molecule has 2 nitrogen and oxygen atoms in total. The molecule has 1 aromatic rings. The molecule has 0 bridgehead atoms. The summed E-state index contributed by atoms with van der Waals surface area (Å²) >= 11 is 1.13. The number of thioether (sulfide) groups is 1. The van der Waals surface area contributed by atoms with Gasteiger partial charge in [-0.25, -0.2) is 8.78 Å². The van der Waals surface area contributed by atoms with E-state index in [2.05, 4.69) is 0 Å². The second-order valence-corrected chi connectivity index (χ2v) is 5.14. The molecule has 0 saturated heterocycles. The van der Waals surface area contributed by atoms with Gasteiger partial charge in [0.15, 0.2) is 11.6 Å². The molecule has 5 heteroatoms. The molecule has 1 aliphatic carbocycles. The van der Waals surface area contributed by atoms with Crippen LogP contribution in [-0.4, -0.2) is 17.3 Å². The molecule has 0 amide bonds. The summed E-state index contributed by atoms with van der Waals surface area (Å²) in [6, 6.07) is 3.03. The highest BCUT2D eigenvalue weighted by molar-refractivity contribution is 7.98. The van der Waals surface area contributed by atoms with Gasteiger partial charge in [0, 0.05) is 10.3 Å². The summed E-state index contributed by atoms with van der Waals surface area (Å²) < 4.78 is 27.5.